The lowest BCUT2D eigenvalue weighted by Gasteiger charge is -2.34. The van der Waals surface area contributed by atoms with Gasteiger partial charge in [-0.15, -0.1) is 0 Å². The van der Waals surface area contributed by atoms with Crippen LogP contribution in [0.3, 0.4) is 0 Å². The van der Waals surface area contributed by atoms with Gasteiger partial charge in [-0.05, 0) is 62.9 Å². The molecule has 0 N–H and O–H groups in total. The summed E-state index contributed by atoms with van der Waals surface area (Å²) in [4.78, 5) is 21.2. The van der Waals surface area contributed by atoms with Crippen molar-refractivity contribution in [1.29, 1.82) is 0 Å². The lowest BCUT2D eigenvalue weighted by atomic mass is 9.97. The lowest BCUT2D eigenvalue weighted by molar-refractivity contribution is -0.128. The van der Waals surface area contributed by atoms with Gasteiger partial charge in [0.2, 0.25) is 11.8 Å². The zero-order chi connectivity index (χ0) is 19.5. The molecule has 2 aliphatic heterocycles. The minimum Gasteiger partial charge on any atom is -0.497 e. The first kappa shape index (κ1) is 19.0. The molecule has 2 saturated heterocycles. The van der Waals surface area contributed by atoms with Gasteiger partial charge in [-0.1, -0.05) is 0 Å². The summed E-state index contributed by atoms with van der Waals surface area (Å²) in [6.07, 6.45) is 4.12. The van der Waals surface area contributed by atoms with Gasteiger partial charge in [0.15, 0.2) is 0 Å². The van der Waals surface area contributed by atoms with Crippen LogP contribution in [0.15, 0.2) is 28.7 Å². The van der Waals surface area contributed by atoms with E-state index in [1.165, 1.54) is 12.8 Å². The predicted molar refractivity (Wildman–Crippen MR) is 107 cm³/mol. The van der Waals surface area contributed by atoms with E-state index in [0.717, 1.165) is 68.3 Å². The summed E-state index contributed by atoms with van der Waals surface area (Å²) in [5.41, 5.74) is 1.96. The molecule has 0 spiro atoms. The van der Waals surface area contributed by atoms with Crippen LogP contribution in [0, 0.1) is 12.8 Å². The Morgan fingerprint density at radius 3 is 2.75 bits per heavy atom. The average Bonchev–Trinajstić information content (AvgIpc) is 3.28. The second-order valence-corrected chi connectivity index (χ2v) is 7.94. The number of carbonyl (C=O) groups is 1. The molecule has 6 heteroatoms. The molecule has 4 rings (SSSR count). The Balaban J connectivity index is 1.39. The highest BCUT2D eigenvalue weighted by Crippen LogP contribution is 2.26. The van der Waals surface area contributed by atoms with E-state index in [9.17, 15) is 4.79 Å². The van der Waals surface area contributed by atoms with Crippen LogP contribution in [-0.2, 0) is 11.3 Å². The van der Waals surface area contributed by atoms with Crippen molar-refractivity contribution in [2.45, 2.75) is 39.2 Å². The molecule has 1 aromatic heterocycles. The molecule has 28 heavy (non-hydrogen) atoms. The summed E-state index contributed by atoms with van der Waals surface area (Å²) in [5, 5.41) is 0. The van der Waals surface area contributed by atoms with Crippen molar-refractivity contribution in [2.24, 2.45) is 5.92 Å². The molecule has 0 bridgehead atoms. The number of piperidine rings is 1. The highest BCUT2D eigenvalue weighted by atomic mass is 16.5. The summed E-state index contributed by atoms with van der Waals surface area (Å²) >= 11 is 0. The Labute approximate surface area is 166 Å². The molecule has 0 saturated carbocycles. The molecule has 1 atom stereocenters. The Morgan fingerprint density at radius 1 is 1.21 bits per heavy atom. The summed E-state index contributed by atoms with van der Waals surface area (Å²) in [6.45, 7) is 6.73. The molecule has 0 radical (unpaired) electrons. The molecule has 2 fully saturated rings. The van der Waals surface area contributed by atoms with Crippen molar-refractivity contribution < 1.29 is 13.9 Å². The fraction of sp³-hybridized carbons (Fsp3) is 0.545. The first-order valence-electron chi connectivity index (χ1n) is 10.2. The third-order valence-corrected chi connectivity index (χ3v) is 5.86. The smallest absolute Gasteiger partial charge is 0.226 e. The molecular weight excluding hydrogens is 354 g/mol. The van der Waals surface area contributed by atoms with Crippen LogP contribution >= 0.6 is 0 Å². The molecule has 150 valence electrons. The molecular formula is C22H29N3O3. The van der Waals surface area contributed by atoms with E-state index in [1.54, 1.807) is 7.11 Å². The number of aryl methyl sites for hydroxylation is 1. The summed E-state index contributed by atoms with van der Waals surface area (Å²) in [6, 6.07) is 7.78. The zero-order valence-corrected chi connectivity index (χ0v) is 16.8. The van der Waals surface area contributed by atoms with Crippen LogP contribution in [0.25, 0.3) is 11.5 Å². The maximum atomic E-state index is 11.9. The van der Waals surface area contributed by atoms with Crippen LogP contribution in [0.2, 0.25) is 0 Å². The van der Waals surface area contributed by atoms with Crippen LogP contribution in [0.4, 0.5) is 0 Å². The fourth-order valence-electron chi connectivity index (χ4n) is 4.30. The third kappa shape index (κ3) is 4.22. The van der Waals surface area contributed by atoms with Crippen molar-refractivity contribution in [3.8, 4) is 17.2 Å². The standard InChI is InChI=1S/C22H29N3O3/c1-16-20(23-22(28-16)18-7-9-19(27-2)10-8-18)15-24-11-3-5-17(13-24)14-25-12-4-6-21(25)26/h7-10,17H,3-6,11-15H2,1-2H3. The minimum absolute atomic E-state index is 0.327. The normalized spacial score (nSPS) is 20.7. The largest absolute Gasteiger partial charge is 0.497 e. The molecule has 2 aromatic rings. The number of oxazole rings is 1. The average molecular weight is 383 g/mol. The second-order valence-electron chi connectivity index (χ2n) is 7.94. The van der Waals surface area contributed by atoms with E-state index < -0.39 is 0 Å². The van der Waals surface area contributed by atoms with E-state index in [2.05, 4.69) is 9.80 Å². The minimum atomic E-state index is 0.327. The molecule has 1 unspecified atom stereocenters. The molecule has 0 aliphatic carbocycles. The van der Waals surface area contributed by atoms with Crippen LogP contribution < -0.4 is 4.74 Å². The van der Waals surface area contributed by atoms with E-state index in [1.807, 2.05) is 31.2 Å². The SMILES string of the molecule is COc1ccc(-c2nc(CN3CCCC(CN4CCCC4=O)C3)c(C)o2)cc1. The van der Waals surface area contributed by atoms with E-state index in [-0.39, 0.29) is 0 Å². The summed E-state index contributed by atoms with van der Waals surface area (Å²) in [7, 11) is 1.66. The van der Waals surface area contributed by atoms with Crippen LogP contribution in [0.5, 0.6) is 5.75 Å². The van der Waals surface area contributed by atoms with Gasteiger partial charge in [-0.3, -0.25) is 9.69 Å². The highest BCUT2D eigenvalue weighted by Gasteiger charge is 2.27. The van der Waals surface area contributed by atoms with E-state index in [0.29, 0.717) is 17.7 Å². The van der Waals surface area contributed by atoms with Crippen LogP contribution in [0.1, 0.15) is 37.1 Å². The first-order chi connectivity index (χ1) is 13.6. The quantitative estimate of drug-likeness (QED) is 0.764. The van der Waals surface area contributed by atoms with E-state index in [4.69, 9.17) is 14.1 Å². The van der Waals surface area contributed by atoms with Gasteiger partial charge in [0.1, 0.15) is 11.5 Å². The van der Waals surface area contributed by atoms with Crippen molar-refractivity contribution >= 4 is 5.91 Å². The lowest BCUT2D eigenvalue weighted by Crippen LogP contribution is -2.41. The van der Waals surface area contributed by atoms with Gasteiger partial charge >= 0.3 is 0 Å². The predicted octanol–water partition coefficient (Wildman–Crippen LogP) is 3.49. The Kier molecular flexibility index (Phi) is 5.67. The van der Waals surface area contributed by atoms with Gasteiger partial charge in [0, 0.05) is 38.2 Å². The highest BCUT2D eigenvalue weighted by molar-refractivity contribution is 5.78. The number of rotatable bonds is 6. The number of likely N-dealkylation sites (tertiary alicyclic amines) is 2. The van der Waals surface area contributed by atoms with Gasteiger partial charge in [0.25, 0.3) is 0 Å². The van der Waals surface area contributed by atoms with Crippen molar-refractivity contribution in [3.63, 3.8) is 0 Å². The number of carbonyl (C=O) groups excluding carboxylic acids is 1. The Hall–Kier alpha value is -2.34. The molecule has 1 amide bonds. The monoisotopic (exact) mass is 383 g/mol. The number of benzene rings is 1. The zero-order valence-electron chi connectivity index (χ0n) is 16.8. The van der Waals surface area contributed by atoms with Crippen molar-refractivity contribution in [1.82, 2.24) is 14.8 Å². The second kappa shape index (κ2) is 8.35. The molecule has 1 aromatic carbocycles. The molecule has 6 nitrogen and oxygen atoms in total. The molecule has 2 aliphatic rings. The third-order valence-electron chi connectivity index (χ3n) is 5.86. The number of hydrogen-bond donors (Lipinski definition) is 0. The number of methoxy groups -OCH3 is 1. The van der Waals surface area contributed by atoms with Gasteiger partial charge in [0.05, 0.1) is 12.8 Å². The van der Waals surface area contributed by atoms with Gasteiger partial charge in [-0.2, -0.15) is 0 Å². The van der Waals surface area contributed by atoms with E-state index >= 15 is 0 Å². The Bertz CT molecular complexity index is 815. The number of nitrogens with zero attached hydrogens (tertiary/aromatic N) is 3. The number of amides is 1. The first-order valence-corrected chi connectivity index (χ1v) is 10.2. The topological polar surface area (TPSA) is 58.8 Å². The van der Waals surface area contributed by atoms with Crippen molar-refractivity contribution in [2.75, 3.05) is 33.3 Å². The Morgan fingerprint density at radius 2 is 2.04 bits per heavy atom. The van der Waals surface area contributed by atoms with Gasteiger partial charge in [-0.25, -0.2) is 4.98 Å². The summed E-state index contributed by atoms with van der Waals surface area (Å²) < 4.78 is 11.1. The maximum Gasteiger partial charge on any atom is 0.226 e. The number of aromatic nitrogens is 1. The maximum absolute atomic E-state index is 11.9. The number of ether oxygens (including phenoxy) is 1. The fourth-order valence-corrected chi connectivity index (χ4v) is 4.30. The van der Waals surface area contributed by atoms with Gasteiger partial charge < -0.3 is 14.1 Å². The summed E-state index contributed by atoms with van der Waals surface area (Å²) in [5.74, 6) is 3.25. The number of hydrogen-bond acceptors (Lipinski definition) is 5. The van der Waals surface area contributed by atoms with Crippen molar-refractivity contribution in [3.05, 3.63) is 35.7 Å². The van der Waals surface area contributed by atoms with Crippen LogP contribution in [-0.4, -0.2) is 54.0 Å². The molecule has 3 heterocycles.